The molecule has 0 aliphatic carbocycles. The Hall–Kier alpha value is -1.42. The highest BCUT2D eigenvalue weighted by atomic mass is 35.5. The number of rotatable bonds is 6. The van der Waals surface area contributed by atoms with Crippen molar-refractivity contribution >= 4 is 17.5 Å². The first-order valence-electron chi connectivity index (χ1n) is 5.75. The van der Waals surface area contributed by atoms with E-state index in [1.165, 1.54) is 0 Å². The van der Waals surface area contributed by atoms with Crippen LogP contribution in [-0.2, 0) is 4.79 Å². The summed E-state index contributed by atoms with van der Waals surface area (Å²) in [7, 11) is 3.15. The first kappa shape index (κ1) is 14.6. The monoisotopic (exact) mass is 271 g/mol. The zero-order chi connectivity index (χ0) is 13.5. The number of benzene rings is 1. The maximum Gasteiger partial charge on any atom is 0.219 e. The fraction of sp³-hybridized carbons (Fsp3) is 0.462. The number of hydrogen-bond donors (Lipinski definition) is 1. The Morgan fingerprint density at radius 1 is 1.33 bits per heavy atom. The molecule has 0 saturated carbocycles. The predicted molar refractivity (Wildman–Crippen MR) is 71.4 cm³/mol. The van der Waals surface area contributed by atoms with Gasteiger partial charge in [0.25, 0.3) is 0 Å². The molecule has 0 aliphatic rings. The number of ether oxygens (including phenoxy) is 2. The van der Waals surface area contributed by atoms with Gasteiger partial charge in [0.2, 0.25) is 5.91 Å². The van der Waals surface area contributed by atoms with Crippen molar-refractivity contribution in [2.24, 2.45) is 0 Å². The van der Waals surface area contributed by atoms with Crippen molar-refractivity contribution < 1.29 is 14.3 Å². The summed E-state index contributed by atoms with van der Waals surface area (Å²) in [5.41, 5.74) is 0.880. The van der Waals surface area contributed by atoms with Crippen LogP contribution in [0.15, 0.2) is 18.2 Å². The summed E-state index contributed by atoms with van der Waals surface area (Å²) in [5.74, 6) is 1.27. The number of nitrogens with one attached hydrogen (secondary N) is 1. The third-order valence-electron chi connectivity index (χ3n) is 2.57. The molecule has 1 aromatic rings. The smallest absolute Gasteiger partial charge is 0.219 e. The minimum atomic E-state index is -0.291. The Morgan fingerprint density at radius 2 is 2.00 bits per heavy atom. The SMILES string of the molecule is CCC(=O)NCC(Cl)c1ccc(OC)c(OC)c1. The second kappa shape index (κ2) is 7.11. The maximum atomic E-state index is 11.2. The van der Waals surface area contributed by atoms with Crippen molar-refractivity contribution in [2.75, 3.05) is 20.8 Å². The molecule has 0 bridgehead atoms. The van der Waals surface area contributed by atoms with E-state index < -0.39 is 0 Å². The van der Waals surface area contributed by atoms with Gasteiger partial charge < -0.3 is 14.8 Å². The van der Waals surface area contributed by atoms with E-state index >= 15 is 0 Å². The van der Waals surface area contributed by atoms with E-state index in [2.05, 4.69) is 5.32 Å². The largest absolute Gasteiger partial charge is 0.493 e. The molecule has 4 nitrogen and oxygen atoms in total. The molecule has 1 N–H and O–H groups in total. The van der Waals surface area contributed by atoms with E-state index in [1.54, 1.807) is 27.2 Å². The van der Waals surface area contributed by atoms with Gasteiger partial charge >= 0.3 is 0 Å². The van der Waals surface area contributed by atoms with Gasteiger partial charge in [0, 0.05) is 13.0 Å². The van der Waals surface area contributed by atoms with E-state index in [4.69, 9.17) is 21.1 Å². The standard InChI is InChI=1S/C13H18ClNO3/c1-4-13(16)15-8-10(14)9-5-6-11(17-2)12(7-9)18-3/h5-7,10H,4,8H2,1-3H3,(H,15,16). The molecule has 0 radical (unpaired) electrons. The molecule has 0 aliphatic heterocycles. The lowest BCUT2D eigenvalue weighted by Gasteiger charge is -2.14. The minimum absolute atomic E-state index is 0.0128. The number of carbonyl (C=O) groups is 1. The molecular formula is C13H18ClNO3. The van der Waals surface area contributed by atoms with Gasteiger partial charge in [-0.3, -0.25) is 4.79 Å². The van der Waals surface area contributed by atoms with Crippen molar-refractivity contribution in [1.82, 2.24) is 5.32 Å². The van der Waals surface area contributed by atoms with Crippen LogP contribution in [0.5, 0.6) is 11.5 Å². The quantitative estimate of drug-likeness (QED) is 0.809. The third-order valence-corrected chi connectivity index (χ3v) is 2.98. The summed E-state index contributed by atoms with van der Waals surface area (Å²) in [4.78, 5) is 11.2. The summed E-state index contributed by atoms with van der Waals surface area (Å²) < 4.78 is 10.4. The van der Waals surface area contributed by atoms with E-state index in [0.29, 0.717) is 24.5 Å². The average Bonchev–Trinajstić information content (AvgIpc) is 2.43. The van der Waals surface area contributed by atoms with Gasteiger partial charge in [0.1, 0.15) is 0 Å². The zero-order valence-corrected chi connectivity index (χ0v) is 11.6. The number of halogens is 1. The first-order chi connectivity index (χ1) is 8.62. The number of carbonyl (C=O) groups excluding carboxylic acids is 1. The van der Waals surface area contributed by atoms with Crippen LogP contribution < -0.4 is 14.8 Å². The second-order valence-corrected chi connectivity index (χ2v) is 4.27. The van der Waals surface area contributed by atoms with E-state index in [0.717, 1.165) is 5.56 Å². The number of alkyl halides is 1. The lowest BCUT2D eigenvalue weighted by Crippen LogP contribution is -2.25. The fourth-order valence-electron chi connectivity index (χ4n) is 1.49. The molecule has 0 saturated heterocycles. The van der Waals surface area contributed by atoms with Gasteiger partial charge in [0.15, 0.2) is 11.5 Å². The van der Waals surface area contributed by atoms with Crippen molar-refractivity contribution in [1.29, 1.82) is 0 Å². The minimum Gasteiger partial charge on any atom is -0.493 e. The van der Waals surface area contributed by atoms with Crippen LogP contribution in [0.1, 0.15) is 24.3 Å². The zero-order valence-electron chi connectivity index (χ0n) is 10.8. The summed E-state index contributed by atoms with van der Waals surface area (Å²) in [6.45, 7) is 2.19. The predicted octanol–water partition coefficient (Wildman–Crippen LogP) is 2.51. The van der Waals surface area contributed by atoms with E-state index in [-0.39, 0.29) is 11.3 Å². The Bertz CT molecular complexity index is 409. The van der Waals surface area contributed by atoms with Crippen LogP contribution in [-0.4, -0.2) is 26.7 Å². The lowest BCUT2D eigenvalue weighted by molar-refractivity contribution is -0.120. The van der Waals surface area contributed by atoms with Crippen molar-refractivity contribution in [2.45, 2.75) is 18.7 Å². The molecule has 5 heteroatoms. The molecule has 0 aromatic heterocycles. The van der Waals surface area contributed by atoms with Crippen LogP contribution in [0.4, 0.5) is 0 Å². The molecule has 0 fully saturated rings. The molecule has 0 spiro atoms. The number of amides is 1. The number of hydrogen-bond acceptors (Lipinski definition) is 3. The van der Waals surface area contributed by atoms with Crippen LogP contribution in [0.25, 0.3) is 0 Å². The van der Waals surface area contributed by atoms with Crippen LogP contribution >= 0.6 is 11.6 Å². The first-order valence-corrected chi connectivity index (χ1v) is 6.18. The Morgan fingerprint density at radius 3 is 2.56 bits per heavy atom. The average molecular weight is 272 g/mol. The van der Waals surface area contributed by atoms with Crippen molar-refractivity contribution in [3.8, 4) is 11.5 Å². The highest BCUT2D eigenvalue weighted by Gasteiger charge is 2.12. The molecule has 1 amide bonds. The Balaban J connectivity index is 2.73. The van der Waals surface area contributed by atoms with Crippen molar-refractivity contribution in [3.63, 3.8) is 0 Å². The van der Waals surface area contributed by atoms with Gasteiger partial charge in [-0.15, -0.1) is 11.6 Å². The summed E-state index contributed by atoms with van der Waals surface area (Å²) in [6, 6.07) is 5.47. The summed E-state index contributed by atoms with van der Waals surface area (Å²) >= 11 is 6.22. The molecule has 1 aromatic carbocycles. The molecule has 100 valence electrons. The topological polar surface area (TPSA) is 47.6 Å². The Kier molecular flexibility index (Phi) is 5.78. The normalized spacial score (nSPS) is 11.8. The molecule has 0 heterocycles. The molecule has 1 rings (SSSR count). The van der Waals surface area contributed by atoms with Crippen LogP contribution in [0, 0.1) is 0 Å². The molecule has 18 heavy (non-hydrogen) atoms. The highest BCUT2D eigenvalue weighted by Crippen LogP contribution is 2.31. The van der Waals surface area contributed by atoms with Crippen molar-refractivity contribution in [3.05, 3.63) is 23.8 Å². The van der Waals surface area contributed by atoms with Gasteiger partial charge in [-0.1, -0.05) is 13.0 Å². The van der Waals surface area contributed by atoms with Crippen LogP contribution in [0.2, 0.25) is 0 Å². The van der Waals surface area contributed by atoms with E-state index in [1.807, 2.05) is 12.1 Å². The number of methoxy groups -OCH3 is 2. The lowest BCUT2D eigenvalue weighted by atomic mass is 10.1. The van der Waals surface area contributed by atoms with Gasteiger partial charge in [-0.2, -0.15) is 0 Å². The van der Waals surface area contributed by atoms with Gasteiger partial charge in [0.05, 0.1) is 19.6 Å². The fourth-order valence-corrected chi connectivity index (χ4v) is 1.71. The van der Waals surface area contributed by atoms with Crippen LogP contribution in [0.3, 0.4) is 0 Å². The molecule has 1 atom stereocenters. The highest BCUT2D eigenvalue weighted by molar-refractivity contribution is 6.21. The molecular weight excluding hydrogens is 254 g/mol. The van der Waals surface area contributed by atoms with Gasteiger partial charge in [-0.25, -0.2) is 0 Å². The maximum absolute atomic E-state index is 11.2. The van der Waals surface area contributed by atoms with Gasteiger partial charge in [-0.05, 0) is 17.7 Å². The van der Waals surface area contributed by atoms with E-state index in [9.17, 15) is 4.79 Å². The Labute approximate surface area is 112 Å². The third kappa shape index (κ3) is 3.81. The summed E-state index contributed by atoms with van der Waals surface area (Å²) in [6.07, 6.45) is 0.454. The second-order valence-electron chi connectivity index (χ2n) is 3.74. The molecule has 1 unspecified atom stereocenters. The summed E-state index contributed by atoms with van der Waals surface area (Å²) in [5, 5.41) is 2.46.